The molecule has 5 nitrogen and oxygen atoms in total. The largest absolute Gasteiger partial charge is 0.481 e. The lowest BCUT2D eigenvalue weighted by Gasteiger charge is -2.09. The molecule has 0 fully saturated rings. The monoisotopic (exact) mass is 188 g/mol. The number of carbonyl (C=O) groups is 2. The minimum absolute atomic E-state index is 0.0433. The second-order valence-electron chi connectivity index (χ2n) is 2.66. The Kier molecular flexibility index (Phi) is 4.76. The molecule has 0 saturated carbocycles. The topological polar surface area (TPSA) is 94.8 Å². The summed E-state index contributed by atoms with van der Waals surface area (Å²) >= 11 is 0. The molecule has 13 heavy (non-hydrogen) atoms. The average Bonchev–Trinajstić information content (AvgIpc) is 2.03. The van der Waals surface area contributed by atoms with Gasteiger partial charge in [-0.15, -0.1) is 0 Å². The Hall–Kier alpha value is -1.36. The Morgan fingerprint density at radius 3 is 2.15 bits per heavy atom. The van der Waals surface area contributed by atoms with Crippen molar-refractivity contribution in [2.24, 2.45) is 5.92 Å². The van der Waals surface area contributed by atoms with Crippen LogP contribution in [0.5, 0.6) is 0 Å². The maximum Gasteiger partial charge on any atom is 0.330 e. The van der Waals surface area contributed by atoms with E-state index in [-0.39, 0.29) is 25.0 Å². The Morgan fingerprint density at radius 1 is 1.31 bits per heavy atom. The Balaban J connectivity index is 4.17. The molecule has 0 radical (unpaired) electrons. The van der Waals surface area contributed by atoms with Crippen LogP contribution in [0.4, 0.5) is 0 Å². The fourth-order valence-corrected chi connectivity index (χ4v) is 0.853. The van der Waals surface area contributed by atoms with Crippen molar-refractivity contribution in [2.75, 3.05) is 6.61 Å². The molecule has 1 atom stereocenters. The number of hydrogen-bond acceptors (Lipinski definition) is 3. The molecule has 74 valence electrons. The van der Waals surface area contributed by atoms with E-state index in [1.165, 1.54) is 0 Å². The predicted octanol–water partition coefficient (Wildman–Crippen LogP) is 0.100. The fraction of sp³-hybridized carbons (Fsp3) is 0.500. The van der Waals surface area contributed by atoms with Gasteiger partial charge in [-0.2, -0.15) is 0 Å². The number of aliphatic hydroxyl groups is 1. The van der Waals surface area contributed by atoms with Crippen LogP contribution >= 0.6 is 0 Å². The van der Waals surface area contributed by atoms with E-state index in [0.717, 1.165) is 0 Å². The lowest BCUT2D eigenvalue weighted by atomic mass is 9.97. The molecule has 0 aliphatic rings. The van der Waals surface area contributed by atoms with E-state index in [2.05, 4.69) is 6.58 Å². The van der Waals surface area contributed by atoms with E-state index < -0.39 is 17.9 Å². The van der Waals surface area contributed by atoms with Crippen LogP contribution in [0.3, 0.4) is 0 Å². The minimum atomic E-state index is -1.20. The van der Waals surface area contributed by atoms with Gasteiger partial charge >= 0.3 is 11.9 Å². The molecule has 0 amide bonds. The zero-order chi connectivity index (χ0) is 10.4. The molecule has 0 aromatic rings. The van der Waals surface area contributed by atoms with Gasteiger partial charge in [0.1, 0.15) is 0 Å². The first-order valence-electron chi connectivity index (χ1n) is 3.73. The van der Waals surface area contributed by atoms with Gasteiger partial charge in [-0.05, 0) is 12.8 Å². The van der Waals surface area contributed by atoms with Crippen LogP contribution in [0.25, 0.3) is 0 Å². The van der Waals surface area contributed by atoms with Crippen molar-refractivity contribution in [1.29, 1.82) is 0 Å². The normalized spacial score (nSPS) is 12.1. The maximum absolute atomic E-state index is 10.5. The summed E-state index contributed by atoms with van der Waals surface area (Å²) in [6.07, 6.45) is -0.0904. The smallest absolute Gasteiger partial charge is 0.330 e. The van der Waals surface area contributed by atoms with E-state index in [9.17, 15) is 9.59 Å². The van der Waals surface area contributed by atoms with Crippen LogP contribution in [0.2, 0.25) is 0 Å². The molecule has 0 heterocycles. The third-order valence-corrected chi connectivity index (χ3v) is 1.62. The van der Waals surface area contributed by atoms with Gasteiger partial charge in [-0.1, -0.05) is 6.58 Å². The summed E-state index contributed by atoms with van der Waals surface area (Å²) in [7, 11) is 0. The molecular weight excluding hydrogens is 176 g/mol. The summed E-state index contributed by atoms with van der Waals surface area (Å²) in [6, 6.07) is 0. The summed E-state index contributed by atoms with van der Waals surface area (Å²) in [5, 5.41) is 25.5. The SMILES string of the molecule is C=C(CC(CCO)C(=O)O)C(=O)O. The molecule has 1 unspecified atom stereocenters. The predicted molar refractivity (Wildman–Crippen MR) is 44.2 cm³/mol. The van der Waals surface area contributed by atoms with Gasteiger partial charge < -0.3 is 15.3 Å². The standard InChI is InChI=1S/C8H12O5/c1-5(7(10)11)4-6(2-3-9)8(12)13/h6,9H,1-4H2,(H,10,11)(H,12,13). The number of aliphatic carboxylic acids is 2. The first-order valence-corrected chi connectivity index (χ1v) is 3.73. The lowest BCUT2D eigenvalue weighted by Crippen LogP contribution is -2.17. The molecule has 0 aromatic heterocycles. The van der Waals surface area contributed by atoms with E-state index in [4.69, 9.17) is 15.3 Å². The molecule has 3 N–H and O–H groups in total. The summed E-state index contributed by atoms with van der Waals surface area (Å²) < 4.78 is 0. The van der Waals surface area contributed by atoms with Crippen molar-refractivity contribution in [2.45, 2.75) is 12.8 Å². The van der Waals surface area contributed by atoms with Crippen molar-refractivity contribution in [3.05, 3.63) is 12.2 Å². The van der Waals surface area contributed by atoms with Crippen LogP contribution in [0, 0.1) is 5.92 Å². The van der Waals surface area contributed by atoms with E-state index in [1.807, 2.05) is 0 Å². The average molecular weight is 188 g/mol. The molecule has 0 rings (SSSR count). The van der Waals surface area contributed by atoms with E-state index in [1.54, 1.807) is 0 Å². The summed E-state index contributed by atoms with van der Waals surface area (Å²) in [5.74, 6) is -3.19. The second kappa shape index (κ2) is 5.31. The van der Waals surface area contributed by atoms with E-state index >= 15 is 0 Å². The van der Waals surface area contributed by atoms with Crippen LogP contribution in [-0.2, 0) is 9.59 Å². The van der Waals surface area contributed by atoms with E-state index in [0.29, 0.717) is 0 Å². The first-order chi connectivity index (χ1) is 5.99. The number of hydrogen-bond donors (Lipinski definition) is 3. The number of aliphatic hydroxyl groups excluding tert-OH is 1. The highest BCUT2D eigenvalue weighted by atomic mass is 16.4. The maximum atomic E-state index is 10.5. The number of carboxylic acid groups (broad SMARTS) is 2. The van der Waals surface area contributed by atoms with Crippen LogP contribution in [-0.4, -0.2) is 33.9 Å². The van der Waals surface area contributed by atoms with Gasteiger partial charge in [-0.3, -0.25) is 4.79 Å². The van der Waals surface area contributed by atoms with Crippen LogP contribution in [0.15, 0.2) is 12.2 Å². The van der Waals surface area contributed by atoms with Crippen molar-refractivity contribution in [3.8, 4) is 0 Å². The third-order valence-electron chi connectivity index (χ3n) is 1.62. The van der Waals surface area contributed by atoms with Gasteiger partial charge in [0.15, 0.2) is 0 Å². The van der Waals surface area contributed by atoms with Gasteiger partial charge in [0.2, 0.25) is 0 Å². The second-order valence-corrected chi connectivity index (χ2v) is 2.66. The first kappa shape index (κ1) is 11.6. The van der Waals surface area contributed by atoms with Crippen molar-refractivity contribution in [3.63, 3.8) is 0 Å². The zero-order valence-corrected chi connectivity index (χ0v) is 7.06. The van der Waals surface area contributed by atoms with Crippen molar-refractivity contribution >= 4 is 11.9 Å². The Labute approximate surface area is 75.3 Å². The Bertz CT molecular complexity index is 221. The summed E-state index contributed by atoms with van der Waals surface area (Å²) in [6.45, 7) is 2.94. The highest BCUT2D eigenvalue weighted by molar-refractivity contribution is 5.86. The van der Waals surface area contributed by atoms with Crippen LogP contribution in [0.1, 0.15) is 12.8 Å². The Morgan fingerprint density at radius 2 is 1.85 bits per heavy atom. The molecule has 5 heteroatoms. The molecule has 0 spiro atoms. The van der Waals surface area contributed by atoms with Gasteiger partial charge in [0, 0.05) is 12.2 Å². The molecule has 0 aliphatic heterocycles. The van der Waals surface area contributed by atoms with Gasteiger partial charge in [-0.25, -0.2) is 4.79 Å². The molecular formula is C8H12O5. The summed E-state index contributed by atoms with van der Waals surface area (Å²) in [5.41, 5.74) is -0.152. The summed E-state index contributed by atoms with van der Waals surface area (Å²) in [4.78, 5) is 20.8. The molecule has 0 aliphatic carbocycles. The van der Waals surface area contributed by atoms with Gasteiger partial charge in [0.25, 0.3) is 0 Å². The molecule has 0 bridgehead atoms. The highest BCUT2D eigenvalue weighted by Crippen LogP contribution is 2.14. The number of carboxylic acids is 2. The van der Waals surface area contributed by atoms with Crippen molar-refractivity contribution < 1.29 is 24.9 Å². The lowest BCUT2D eigenvalue weighted by molar-refractivity contribution is -0.142. The highest BCUT2D eigenvalue weighted by Gasteiger charge is 2.20. The fourth-order valence-electron chi connectivity index (χ4n) is 0.853. The molecule has 0 aromatic carbocycles. The van der Waals surface area contributed by atoms with Crippen molar-refractivity contribution in [1.82, 2.24) is 0 Å². The third kappa shape index (κ3) is 4.27. The number of rotatable bonds is 6. The zero-order valence-electron chi connectivity index (χ0n) is 7.06. The minimum Gasteiger partial charge on any atom is -0.481 e. The van der Waals surface area contributed by atoms with Gasteiger partial charge in [0.05, 0.1) is 5.92 Å². The quantitative estimate of drug-likeness (QED) is 0.514. The van der Waals surface area contributed by atoms with Crippen LogP contribution < -0.4 is 0 Å². The molecule has 0 saturated heterocycles.